The molecule has 1 aliphatic rings. The minimum absolute atomic E-state index is 0.293. The second kappa shape index (κ2) is 3.49. The highest BCUT2D eigenvalue weighted by Crippen LogP contribution is 2.26. The Kier molecular flexibility index (Phi) is 2.79. The summed E-state index contributed by atoms with van der Waals surface area (Å²) in [5, 5.41) is 26.9. The molecule has 70 valence electrons. The van der Waals surface area contributed by atoms with Crippen LogP contribution >= 0.6 is 0 Å². The molecule has 1 aliphatic heterocycles. The Morgan fingerprint density at radius 3 is 2.42 bits per heavy atom. The summed E-state index contributed by atoms with van der Waals surface area (Å²) in [6.45, 7) is 0.913. The van der Waals surface area contributed by atoms with E-state index in [-0.39, 0.29) is 12.4 Å². The molecular weight excluding hydrogens is 164 g/mol. The van der Waals surface area contributed by atoms with Gasteiger partial charge in [0.05, 0.1) is 18.6 Å². The standard InChI is InChI=1S/C7H12O5/c1-3(9)5-4(2-8)12-7(11)6(5)10/h4-8,10-11H,2H2,1H3/t4-,5-,6-,7+/m1/s1. The minimum Gasteiger partial charge on any atom is -0.394 e. The summed E-state index contributed by atoms with van der Waals surface area (Å²) in [7, 11) is 0. The van der Waals surface area contributed by atoms with Gasteiger partial charge in [-0.1, -0.05) is 0 Å². The number of ketones is 1. The van der Waals surface area contributed by atoms with Crippen molar-refractivity contribution in [2.45, 2.75) is 25.4 Å². The lowest BCUT2D eigenvalue weighted by Gasteiger charge is -2.13. The number of hydrogen-bond acceptors (Lipinski definition) is 5. The number of Topliss-reactive ketones (excluding diaryl/α,β-unsaturated/α-hetero) is 1. The molecular formula is C7H12O5. The van der Waals surface area contributed by atoms with E-state index in [2.05, 4.69) is 0 Å². The lowest BCUT2D eigenvalue weighted by Crippen LogP contribution is -2.33. The van der Waals surface area contributed by atoms with Gasteiger partial charge in [0.15, 0.2) is 6.29 Å². The Balaban J connectivity index is 2.73. The van der Waals surface area contributed by atoms with Gasteiger partial charge in [-0.3, -0.25) is 4.79 Å². The molecule has 0 bridgehead atoms. The monoisotopic (exact) mass is 176 g/mol. The fourth-order valence-corrected chi connectivity index (χ4v) is 1.40. The van der Waals surface area contributed by atoms with E-state index < -0.39 is 24.4 Å². The van der Waals surface area contributed by atoms with E-state index in [0.29, 0.717) is 0 Å². The largest absolute Gasteiger partial charge is 0.394 e. The van der Waals surface area contributed by atoms with E-state index in [9.17, 15) is 9.90 Å². The molecule has 0 amide bonds. The van der Waals surface area contributed by atoms with Crippen LogP contribution in [-0.4, -0.2) is 46.2 Å². The number of carbonyl (C=O) groups is 1. The van der Waals surface area contributed by atoms with E-state index in [1.165, 1.54) is 6.92 Å². The molecule has 1 fully saturated rings. The zero-order chi connectivity index (χ0) is 9.30. The topological polar surface area (TPSA) is 87.0 Å². The summed E-state index contributed by atoms with van der Waals surface area (Å²) in [5.41, 5.74) is 0. The van der Waals surface area contributed by atoms with Gasteiger partial charge in [-0.2, -0.15) is 0 Å². The van der Waals surface area contributed by atoms with Crippen LogP contribution in [0.15, 0.2) is 0 Å². The first kappa shape index (κ1) is 9.60. The number of hydrogen-bond donors (Lipinski definition) is 3. The van der Waals surface area contributed by atoms with Crippen molar-refractivity contribution in [3.63, 3.8) is 0 Å². The van der Waals surface area contributed by atoms with Crippen LogP contribution in [-0.2, 0) is 9.53 Å². The first-order chi connectivity index (χ1) is 5.57. The lowest BCUT2D eigenvalue weighted by molar-refractivity contribution is -0.133. The maximum atomic E-state index is 10.9. The SMILES string of the molecule is CC(=O)[C@H]1[C@@H](O)[C@@H](O)O[C@@H]1CO. The fourth-order valence-electron chi connectivity index (χ4n) is 1.40. The van der Waals surface area contributed by atoms with Crippen LogP contribution < -0.4 is 0 Å². The number of aliphatic hydroxyl groups is 3. The average molecular weight is 176 g/mol. The summed E-state index contributed by atoms with van der Waals surface area (Å²) in [4.78, 5) is 10.9. The van der Waals surface area contributed by atoms with Crippen molar-refractivity contribution in [1.29, 1.82) is 0 Å². The van der Waals surface area contributed by atoms with Gasteiger partial charge in [-0.05, 0) is 6.92 Å². The molecule has 0 aromatic carbocycles. The fraction of sp³-hybridized carbons (Fsp3) is 0.857. The molecule has 0 aromatic rings. The van der Waals surface area contributed by atoms with Crippen LogP contribution in [0.3, 0.4) is 0 Å². The molecule has 5 heteroatoms. The van der Waals surface area contributed by atoms with Crippen LogP contribution in [0.4, 0.5) is 0 Å². The molecule has 4 atom stereocenters. The molecule has 0 unspecified atom stereocenters. The third-order valence-corrected chi connectivity index (χ3v) is 2.02. The summed E-state index contributed by atoms with van der Waals surface area (Å²) < 4.78 is 4.73. The van der Waals surface area contributed by atoms with Gasteiger partial charge >= 0.3 is 0 Å². The smallest absolute Gasteiger partial charge is 0.182 e. The molecule has 5 nitrogen and oxygen atoms in total. The Morgan fingerprint density at radius 2 is 2.08 bits per heavy atom. The predicted octanol–water partition coefficient (Wildman–Crippen LogP) is -1.74. The minimum atomic E-state index is -1.36. The normalized spacial score (nSPS) is 41.7. The molecule has 0 spiro atoms. The predicted molar refractivity (Wildman–Crippen MR) is 38.1 cm³/mol. The van der Waals surface area contributed by atoms with Crippen molar-refractivity contribution >= 4 is 5.78 Å². The third kappa shape index (κ3) is 1.49. The molecule has 0 saturated carbocycles. The number of rotatable bonds is 2. The van der Waals surface area contributed by atoms with Gasteiger partial charge in [0.1, 0.15) is 11.9 Å². The first-order valence-electron chi connectivity index (χ1n) is 3.71. The van der Waals surface area contributed by atoms with Gasteiger partial charge < -0.3 is 20.1 Å². The molecule has 1 heterocycles. The zero-order valence-electron chi connectivity index (χ0n) is 6.67. The van der Waals surface area contributed by atoms with E-state index in [0.717, 1.165) is 0 Å². The number of aliphatic hydroxyl groups excluding tert-OH is 3. The van der Waals surface area contributed by atoms with Crippen LogP contribution in [0, 0.1) is 5.92 Å². The highest BCUT2D eigenvalue weighted by atomic mass is 16.6. The van der Waals surface area contributed by atoms with Crippen molar-refractivity contribution in [2.24, 2.45) is 5.92 Å². The van der Waals surface area contributed by atoms with Crippen LogP contribution in [0.2, 0.25) is 0 Å². The van der Waals surface area contributed by atoms with Crippen molar-refractivity contribution in [3.8, 4) is 0 Å². The van der Waals surface area contributed by atoms with Crippen molar-refractivity contribution < 1.29 is 24.9 Å². The highest BCUT2D eigenvalue weighted by molar-refractivity contribution is 5.79. The van der Waals surface area contributed by atoms with Gasteiger partial charge in [0.25, 0.3) is 0 Å². The van der Waals surface area contributed by atoms with Gasteiger partial charge in [-0.15, -0.1) is 0 Å². The molecule has 0 aromatic heterocycles. The van der Waals surface area contributed by atoms with Crippen molar-refractivity contribution in [1.82, 2.24) is 0 Å². The molecule has 0 radical (unpaired) electrons. The molecule has 1 saturated heterocycles. The Morgan fingerprint density at radius 1 is 1.50 bits per heavy atom. The number of carbonyl (C=O) groups excluding carboxylic acids is 1. The zero-order valence-corrected chi connectivity index (χ0v) is 6.67. The van der Waals surface area contributed by atoms with Crippen molar-refractivity contribution in [3.05, 3.63) is 0 Å². The Hall–Kier alpha value is -0.490. The van der Waals surface area contributed by atoms with Crippen LogP contribution in [0.1, 0.15) is 6.92 Å². The van der Waals surface area contributed by atoms with Crippen LogP contribution in [0.5, 0.6) is 0 Å². The number of ether oxygens (including phenoxy) is 1. The lowest BCUT2D eigenvalue weighted by atomic mass is 9.95. The summed E-state index contributed by atoms with van der Waals surface area (Å²) >= 11 is 0. The first-order valence-corrected chi connectivity index (χ1v) is 3.71. The van der Waals surface area contributed by atoms with Crippen molar-refractivity contribution in [2.75, 3.05) is 6.61 Å². The second-order valence-electron chi connectivity index (χ2n) is 2.87. The summed E-state index contributed by atoms with van der Waals surface area (Å²) in [6.07, 6.45) is -3.37. The van der Waals surface area contributed by atoms with E-state index in [4.69, 9.17) is 14.9 Å². The van der Waals surface area contributed by atoms with Gasteiger partial charge in [0, 0.05) is 0 Å². The third-order valence-electron chi connectivity index (χ3n) is 2.02. The second-order valence-corrected chi connectivity index (χ2v) is 2.87. The molecule has 0 aliphatic carbocycles. The van der Waals surface area contributed by atoms with Gasteiger partial charge in [0.2, 0.25) is 0 Å². The molecule has 12 heavy (non-hydrogen) atoms. The average Bonchev–Trinajstić information content (AvgIpc) is 2.28. The maximum Gasteiger partial charge on any atom is 0.182 e. The molecule has 3 N–H and O–H groups in total. The summed E-state index contributed by atoms with van der Waals surface area (Å²) in [6, 6.07) is 0. The highest BCUT2D eigenvalue weighted by Gasteiger charge is 2.44. The maximum absolute atomic E-state index is 10.9. The summed E-state index contributed by atoms with van der Waals surface area (Å²) in [5.74, 6) is -1.11. The molecule has 1 rings (SSSR count). The van der Waals surface area contributed by atoms with E-state index in [1.54, 1.807) is 0 Å². The van der Waals surface area contributed by atoms with E-state index >= 15 is 0 Å². The quantitative estimate of drug-likeness (QED) is 0.465. The van der Waals surface area contributed by atoms with Crippen LogP contribution in [0.25, 0.3) is 0 Å². The Labute approximate surface area is 69.6 Å². The van der Waals surface area contributed by atoms with Gasteiger partial charge in [-0.25, -0.2) is 0 Å². The Bertz CT molecular complexity index is 181. The van der Waals surface area contributed by atoms with E-state index in [1.807, 2.05) is 0 Å².